The molecule has 5 rings (SSSR count). The smallest absolute Gasteiger partial charge is 0.186 e. The number of hydrogen-bond acceptors (Lipinski definition) is 7. The number of ether oxygens (including phenoxy) is 1. The van der Waals surface area contributed by atoms with E-state index < -0.39 is 0 Å². The van der Waals surface area contributed by atoms with E-state index in [2.05, 4.69) is 57.4 Å². The van der Waals surface area contributed by atoms with Crippen molar-refractivity contribution in [3.8, 4) is 0 Å². The lowest BCUT2D eigenvalue weighted by Crippen LogP contribution is -2.36. The van der Waals surface area contributed by atoms with Gasteiger partial charge in [-0.25, -0.2) is 15.0 Å². The van der Waals surface area contributed by atoms with Crippen LogP contribution in [0.5, 0.6) is 0 Å². The van der Waals surface area contributed by atoms with Crippen LogP contribution in [0, 0.1) is 6.92 Å². The Morgan fingerprint density at radius 2 is 1.89 bits per heavy atom. The first-order chi connectivity index (χ1) is 13.3. The van der Waals surface area contributed by atoms with Gasteiger partial charge < -0.3 is 15.0 Å². The minimum Gasteiger partial charge on any atom is -0.378 e. The molecular formula is C20H19N5OS. The van der Waals surface area contributed by atoms with E-state index in [0.29, 0.717) is 0 Å². The van der Waals surface area contributed by atoms with Crippen molar-refractivity contribution < 1.29 is 4.74 Å². The van der Waals surface area contributed by atoms with Gasteiger partial charge in [-0.2, -0.15) is 0 Å². The molecule has 3 heterocycles. The van der Waals surface area contributed by atoms with Crippen LogP contribution < -0.4 is 10.2 Å². The van der Waals surface area contributed by atoms with Gasteiger partial charge in [-0.1, -0.05) is 23.0 Å². The Kier molecular flexibility index (Phi) is 4.10. The maximum atomic E-state index is 5.44. The number of anilines is 3. The van der Waals surface area contributed by atoms with Crippen LogP contribution in [0.15, 0.2) is 42.7 Å². The van der Waals surface area contributed by atoms with Crippen molar-refractivity contribution >= 4 is 49.1 Å². The molecule has 1 aliphatic heterocycles. The average molecular weight is 377 g/mol. The number of morpholine rings is 1. The number of thiazole rings is 1. The summed E-state index contributed by atoms with van der Waals surface area (Å²) in [5.41, 5.74) is 4.15. The number of aryl methyl sites for hydroxylation is 1. The first-order valence-electron chi connectivity index (χ1n) is 8.98. The second-order valence-electron chi connectivity index (χ2n) is 6.65. The zero-order valence-corrected chi connectivity index (χ0v) is 15.8. The topological polar surface area (TPSA) is 63.2 Å². The van der Waals surface area contributed by atoms with Crippen molar-refractivity contribution in [2.75, 3.05) is 36.5 Å². The molecule has 1 saturated heterocycles. The van der Waals surface area contributed by atoms with Gasteiger partial charge in [0.2, 0.25) is 0 Å². The molecule has 4 aromatic rings. The third kappa shape index (κ3) is 3.20. The van der Waals surface area contributed by atoms with Gasteiger partial charge in [0.15, 0.2) is 5.13 Å². The summed E-state index contributed by atoms with van der Waals surface area (Å²) in [6, 6.07) is 12.5. The number of benzene rings is 2. The highest BCUT2D eigenvalue weighted by molar-refractivity contribution is 7.22. The number of aromatic nitrogens is 3. The molecule has 0 amide bonds. The molecule has 2 aromatic heterocycles. The average Bonchev–Trinajstić information content (AvgIpc) is 3.13. The highest BCUT2D eigenvalue weighted by Crippen LogP contribution is 2.32. The van der Waals surface area contributed by atoms with E-state index in [1.165, 1.54) is 5.56 Å². The Balaban J connectivity index is 1.48. The fourth-order valence-corrected chi connectivity index (χ4v) is 4.34. The summed E-state index contributed by atoms with van der Waals surface area (Å²) in [7, 11) is 0. The summed E-state index contributed by atoms with van der Waals surface area (Å²) in [5, 5.41) is 5.54. The van der Waals surface area contributed by atoms with Crippen molar-refractivity contribution in [3.63, 3.8) is 0 Å². The molecule has 1 fully saturated rings. The quantitative estimate of drug-likeness (QED) is 0.579. The number of fused-ring (bicyclic) bond motifs is 2. The van der Waals surface area contributed by atoms with Gasteiger partial charge in [-0.05, 0) is 37.3 Å². The molecule has 27 heavy (non-hydrogen) atoms. The summed E-state index contributed by atoms with van der Waals surface area (Å²) in [4.78, 5) is 15.9. The van der Waals surface area contributed by atoms with Crippen LogP contribution in [0.1, 0.15) is 5.56 Å². The fraction of sp³-hybridized carbons (Fsp3) is 0.250. The predicted molar refractivity (Wildman–Crippen MR) is 110 cm³/mol. The molecule has 1 aliphatic rings. The van der Waals surface area contributed by atoms with Crippen LogP contribution in [0.2, 0.25) is 0 Å². The third-order valence-corrected chi connectivity index (χ3v) is 5.79. The molecule has 0 bridgehead atoms. The van der Waals surface area contributed by atoms with E-state index in [1.807, 2.05) is 6.07 Å². The lowest BCUT2D eigenvalue weighted by Gasteiger charge is -2.25. The summed E-state index contributed by atoms with van der Waals surface area (Å²) in [6.07, 6.45) is 1.60. The molecule has 7 heteroatoms. The summed E-state index contributed by atoms with van der Waals surface area (Å²) in [6.45, 7) is 5.41. The molecule has 0 unspecified atom stereocenters. The zero-order chi connectivity index (χ0) is 18.2. The standard InChI is InChI=1S/C20H19N5OS/c1-13-2-4-16-15(10-13)19(22-12-21-16)23-14-3-5-17-18(11-14)27-20(24-17)25-6-8-26-9-7-25/h2-5,10-12H,6-9H2,1H3,(H,21,22,23). The zero-order valence-electron chi connectivity index (χ0n) is 15.0. The Hall–Kier alpha value is -2.77. The molecule has 136 valence electrons. The fourth-order valence-electron chi connectivity index (χ4n) is 3.29. The molecule has 1 N–H and O–H groups in total. The van der Waals surface area contributed by atoms with E-state index in [0.717, 1.165) is 64.1 Å². The second kappa shape index (κ2) is 6.75. The van der Waals surface area contributed by atoms with E-state index >= 15 is 0 Å². The van der Waals surface area contributed by atoms with E-state index in [9.17, 15) is 0 Å². The van der Waals surface area contributed by atoms with Crippen molar-refractivity contribution in [1.82, 2.24) is 15.0 Å². The molecule has 0 saturated carbocycles. The van der Waals surface area contributed by atoms with E-state index in [1.54, 1.807) is 17.7 Å². The second-order valence-corrected chi connectivity index (χ2v) is 7.66. The first-order valence-corrected chi connectivity index (χ1v) is 9.80. The maximum absolute atomic E-state index is 5.44. The summed E-state index contributed by atoms with van der Waals surface area (Å²) in [5.74, 6) is 0.820. The molecule has 0 spiro atoms. The summed E-state index contributed by atoms with van der Waals surface area (Å²) >= 11 is 1.72. The minimum atomic E-state index is 0.767. The Bertz CT molecular complexity index is 1120. The number of rotatable bonds is 3. The van der Waals surface area contributed by atoms with Crippen molar-refractivity contribution in [2.24, 2.45) is 0 Å². The normalized spacial score (nSPS) is 14.8. The molecule has 0 aliphatic carbocycles. The Labute approximate surface area is 160 Å². The molecular weight excluding hydrogens is 358 g/mol. The lowest BCUT2D eigenvalue weighted by molar-refractivity contribution is 0.122. The van der Waals surface area contributed by atoms with Crippen LogP contribution in [0.3, 0.4) is 0 Å². The largest absolute Gasteiger partial charge is 0.378 e. The number of hydrogen-bond donors (Lipinski definition) is 1. The van der Waals surface area contributed by atoms with E-state index in [4.69, 9.17) is 9.72 Å². The Morgan fingerprint density at radius 1 is 1.04 bits per heavy atom. The maximum Gasteiger partial charge on any atom is 0.186 e. The van der Waals surface area contributed by atoms with Crippen molar-refractivity contribution in [3.05, 3.63) is 48.3 Å². The van der Waals surface area contributed by atoms with Gasteiger partial charge in [0, 0.05) is 24.2 Å². The van der Waals surface area contributed by atoms with Gasteiger partial charge in [-0.3, -0.25) is 0 Å². The van der Waals surface area contributed by atoms with E-state index in [-0.39, 0.29) is 0 Å². The lowest BCUT2D eigenvalue weighted by atomic mass is 10.1. The Morgan fingerprint density at radius 3 is 2.78 bits per heavy atom. The number of nitrogens with one attached hydrogen (secondary N) is 1. The summed E-state index contributed by atoms with van der Waals surface area (Å²) < 4.78 is 6.60. The monoisotopic (exact) mass is 377 g/mol. The highest BCUT2D eigenvalue weighted by Gasteiger charge is 2.15. The molecule has 6 nitrogen and oxygen atoms in total. The SMILES string of the molecule is Cc1ccc2ncnc(Nc3ccc4nc(N5CCOCC5)sc4c3)c2c1. The van der Waals surface area contributed by atoms with Crippen LogP contribution in [0.25, 0.3) is 21.1 Å². The molecule has 0 atom stereocenters. The predicted octanol–water partition coefficient (Wildman–Crippen LogP) is 4.13. The van der Waals surface area contributed by atoms with Crippen LogP contribution in [-0.4, -0.2) is 41.3 Å². The van der Waals surface area contributed by atoms with Crippen LogP contribution in [0.4, 0.5) is 16.6 Å². The third-order valence-electron chi connectivity index (χ3n) is 4.71. The van der Waals surface area contributed by atoms with Crippen LogP contribution in [-0.2, 0) is 4.74 Å². The van der Waals surface area contributed by atoms with Gasteiger partial charge in [0.25, 0.3) is 0 Å². The van der Waals surface area contributed by atoms with Crippen molar-refractivity contribution in [2.45, 2.75) is 6.92 Å². The highest BCUT2D eigenvalue weighted by atomic mass is 32.1. The van der Waals surface area contributed by atoms with Gasteiger partial charge in [0.05, 0.1) is 28.9 Å². The number of nitrogens with zero attached hydrogens (tertiary/aromatic N) is 4. The van der Waals surface area contributed by atoms with Crippen LogP contribution >= 0.6 is 11.3 Å². The molecule has 2 aromatic carbocycles. The van der Waals surface area contributed by atoms with Crippen molar-refractivity contribution in [1.29, 1.82) is 0 Å². The van der Waals surface area contributed by atoms with Gasteiger partial charge in [-0.15, -0.1) is 0 Å². The van der Waals surface area contributed by atoms with Gasteiger partial charge in [0.1, 0.15) is 12.1 Å². The molecule has 0 radical (unpaired) electrons. The first kappa shape index (κ1) is 16.4. The van der Waals surface area contributed by atoms with Gasteiger partial charge >= 0.3 is 0 Å². The minimum absolute atomic E-state index is 0.767.